The van der Waals surface area contributed by atoms with Crippen molar-refractivity contribution in [1.29, 1.82) is 5.26 Å². The van der Waals surface area contributed by atoms with Gasteiger partial charge in [-0.2, -0.15) is 18.4 Å². The van der Waals surface area contributed by atoms with E-state index in [1.165, 1.54) is 11.0 Å². The molecule has 1 aliphatic carbocycles. The molecule has 0 spiro atoms. The van der Waals surface area contributed by atoms with Gasteiger partial charge in [-0.05, 0) is 63.2 Å². The monoisotopic (exact) mass is 500 g/mol. The van der Waals surface area contributed by atoms with Crippen LogP contribution in [0.25, 0.3) is 10.9 Å². The lowest BCUT2D eigenvalue weighted by Crippen LogP contribution is -2.45. The van der Waals surface area contributed by atoms with Crippen molar-refractivity contribution in [2.24, 2.45) is 0 Å². The van der Waals surface area contributed by atoms with E-state index in [4.69, 9.17) is 22.2 Å². The molecule has 1 aliphatic heterocycles. The van der Waals surface area contributed by atoms with Crippen LogP contribution in [0.2, 0.25) is 0 Å². The molecule has 4 rings (SSSR count). The number of hydrogen-bond donors (Lipinski definition) is 0. The van der Waals surface area contributed by atoms with Crippen molar-refractivity contribution in [3.8, 4) is 11.8 Å². The van der Waals surface area contributed by atoms with Crippen molar-refractivity contribution in [3.63, 3.8) is 0 Å². The van der Waals surface area contributed by atoms with Crippen molar-refractivity contribution in [1.82, 2.24) is 14.8 Å². The predicted molar refractivity (Wildman–Crippen MR) is 128 cm³/mol. The molecule has 35 heavy (non-hydrogen) atoms. The van der Waals surface area contributed by atoms with Crippen LogP contribution in [0, 0.1) is 11.3 Å². The third-order valence-electron chi connectivity index (χ3n) is 6.20. The number of aromatic nitrogens is 1. The van der Waals surface area contributed by atoms with Crippen LogP contribution in [-0.4, -0.2) is 56.7 Å². The topological polar surface area (TPSA) is 69.5 Å². The van der Waals surface area contributed by atoms with E-state index in [1.54, 1.807) is 31.0 Å². The SMILES string of the molecule is CC1(C)C(=O)N(C2C=C(C(F)(F)F)C(C#N)=CC2)C(=S)N1CCCOc1ccc2cccnc2c1. The Labute approximate surface area is 206 Å². The van der Waals surface area contributed by atoms with E-state index in [1.807, 2.05) is 30.3 Å². The highest BCUT2D eigenvalue weighted by Crippen LogP contribution is 2.38. The molecular weight excluding hydrogens is 477 g/mol. The molecule has 6 nitrogen and oxygen atoms in total. The molecule has 182 valence electrons. The summed E-state index contributed by atoms with van der Waals surface area (Å²) in [7, 11) is 0. The zero-order chi connectivity index (χ0) is 25.4. The summed E-state index contributed by atoms with van der Waals surface area (Å²) < 4.78 is 46.2. The minimum atomic E-state index is -4.70. The summed E-state index contributed by atoms with van der Waals surface area (Å²) in [6.45, 7) is 4.15. The molecule has 1 aromatic heterocycles. The Balaban J connectivity index is 1.43. The fourth-order valence-electron chi connectivity index (χ4n) is 4.31. The van der Waals surface area contributed by atoms with Gasteiger partial charge in [-0.3, -0.25) is 14.7 Å². The summed E-state index contributed by atoms with van der Waals surface area (Å²) in [5, 5.41) is 10.2. The van der Waals surface area contributed by atoms with Gasteiger partial charge in [-0.25, -0.2) is 0 Å². The van der Waals surface area contributed by atoms with Crippen LogP contribution in [-0.2, 0) is 4.79 Å². The lowest BCUT2D eigenvalue weighted by Gasteiger charge is -2.30. The molecule has 0 bridgehead atoms. The van der Waals surface area contributed by atoms with Crippen LogP contribution in [0.4, 0.5) is 13.2 Å². The number of nitrogens with zero attached hydrogens (tertiary/aromatic N) is 4. The van der Waals surface area contributed by atoms with E-state index in [9.17, 15) is 18.0 Å². The Bertz CT molecular complexity index is 1280. The van der Waals surface area contributed by atoms with Crippen LogP contribution in [0.5, 0.6) is 5.75 Å². The third kappa shape index (κ3) is 4.73. The minimum absolute atomic E-state index is 0.0807. The van der Waals surface area contributed by atoms with Crippen LogP contribution in [0.3, 0.4) is 0 Å². The molecule has 1 saturated heterocycles. The first-order valence-electron chi connectivity index (χ1n) is 11.1. The number of amides is 1. The second-order valence-electron chi connectivity index (χ2n) is 8.84. The van der Waals surface area contributed by atoms with Gasteiger partial charge in [0.2, 0.25) is 0 Å². The number of allylic oxidation sites excluding steroid dienone is 2. The molecule has 1 fully saturated rings. The number of carbonyl (C=O) groups is 1. The Kier molecular flexibility index (Phi) is 6.56. The van der Waals surface area contributed by atoms with Gasteiger partial charge in [-0.15, -0.1) is 0 Å². The Morgan fingerprint density at radius 3 is 2.80 bits per heavy atom. The molecule has 2 heterocycles. The van der Waals surface area contributed by atoms with Crippen LogP contribution >= 0.6 is 12.2 Å². The first-order chi connectivity index (χ1) is 16.5. The van der Waals surface area contributed by atoms with Crippen LogP contribution in [0.1, 0.15) is 26.7 Å². The van der Waals surface area contributed by atoms with Crippen LogP contribution < -0.4 is 4.74 Å². The smallest absolute Gasteiger partial charge is 0.417 e. The number of benzene rings is 1. The van der Waals surface area contributed by atoms with Crippen molar-refractivity contribution < 1.29 is 22.7 Å². The first-order valence-corrected chi connectivity index (χ1v) is 11.5. The lowest BCUT2D eigenvalue weighted by atomic mass is 9.93. The summed E-state index contributed by atoms with van der Waals surface area (Å²) in [6.07, 6.45) is -0.226. The standard InChI is InChI=1S/C25H23F3N4O2S/c1-24(2)22(33)32(18-8-6-17(15-29)20(13-18)25(26,27)28)23(35)31(24)11-4-12-34-19-9-7-16-5-3-10-30-21(16)14-19/h3,5-7,9-10,13-14,18H,4,8,11-12H2,1-2H3. The van der Waals surface area contributed by atoms with Crippen molar-refractivity contribution >= 4 is 34.1 Å². The highest BCUT2D eigenvalue weighted by molar-refractivity contribution is 7.80. The molecular formula is C25H23F3N4O2S. The quantitative estimate of drug-likeness (QED) is 0.414. The molecule has 0 N–H and O–H groups in total. The van der Waals surface area contributed by atoms with Gasteiger partial charge in [-0.1, -0.05) is 12.1 Å². The zero-order valence-corrected chi connectivity index (χ0v) is 20.0. The lowest BCUT2D eigenvalue weighted by molar-refractivity contribution is -0.132. The summed E-state index contributed by atoms with van der Waals surface area (Å²) in [4.78, 5) is 20.5. The maximum Gasteiger partial charge on any atom is 0.417 e. The number of alkyl halides is 3. The Hall–Kier alpha value is -3.45. The van der Waals surface area contributed by atoms with Gasteiger partial charge in [0.1, 0.15) is 11.3 Å². The zero-order valence-electron chi connectivity index (χ0n) is 19.2. The van der Waals surface area contributed by atoms with E-state index in [-0.39, 0.29) is 17.4 Å². The number of nitriles is 1. The summed E-state index contributed by atoms with van der Waals surface area (Å²) in [5.41, 5.74) is -1.68. The molecule has 0 saturated carbocycles. The first kappa shape index (κ1) is 24.7. The number of fused-ring (bicyclic) bond motifs is 1. The van der Waals surface area contributed by atoms with Crippen molar-refractivity contribution in [2.45, 2.75) is 44.4 Å². The predicted octanol–water partition coefficient (Wildman–Crippen LogP) is 4.92. The van der Waals surface area contributed by atoms with Gasteiger partial charge in [0.05, 0.1) is 35.4 Å². The Morgan fingerprint density at radius 2 is 2.09 bits per heavy atom. The minimum Gasteiger partial charge on any atom is -0.493 e. The normalized spacial score (nSPS) is 20.1. The number of halogens is 3. The van der Waals surface area contributed by atoms with Crippen molar-refractivity contribution in [3.05, 3.63) is 59.8 Å². The average molecular weight is 501 g/mol. The molecule has 1 aromatic carbocycles. The van der Waals surface area contributed by atoms with Gasteiger partial charge >= 0.3 is 6.18 Å². The van der Waals surface area contributed by atoms with Crippen LogP contribution in [0.15, 0.2) is 59.8 Å². The third-order valence-corrected chi connectivity index (χ3v) is 6.61. The summed E-state index contributed by atoms with van der Waals surface area (Å²) >= 11 is 5.54. The average Bonchev–Trinajstić information content (AvgIpc) is 2.99. The fourth-order valence-corrected chi connectivity index (χ4v) is 4.85. The van der Waals surface area contributed by atoms with Gasteiger partial charge in [0.25, 0.3) is 5.91 Å². The second kappa shape index (κ2) is 9.30. The van der Waals surface area contributed by atoms with Crippen molar-refractivity contribution in [2.75, 3.05) is 13.2 Å². The number of pyridine rings is 1. The molecule has 2 aliphatic rings. The van der Waals surface area contributed by atoms with Gasteiger partial charge in [0.15, 0.2) is 5.11 Å². The molecule has 2 aromatic rings. The number of hydrogen-bond acceptors (Lipinski definition) is 5. The molecule has 10 heteroatoms. The molecule has 1 amide bonds. The summed E-state index contributed by atoms with van der Waals surface area (Å²) in [5.74, 6) is 0.296. The number of ether oxygens (including phenoxy) is 1. The van der Waals surface area contributed by atoms with E-state index in [0.29, 0.717) is 25.3 Å². The van der Waals surface area contributed by atoms with E-state index >= 15 is 0 Å². The second-order valence-corrected chi connectivity index (χ2v) is 9.20. The van der Waals surface area contributed by atoms with Gasteiger partial charge in [0, 0.05) is 24.2 Å². The van der Waals surface area contributed by atoms with Gasteiger partial charge < -0.3 is 9.64 Å². The van der Waals surface area contributed by atoms with E-state index in [0.717, 1.165) is 17.0 Å². The van der Waals surface area contributed by atoms with E-state index in [2.05, 4.69) is 4.98 Å². The molecule has 0 radical (unpaired) electrons. The summed E-state index contributed by atoms with van der Waals surface area (Å²) in [6, 6.07) is 10.1. The highest BCUT2D eigenvalue weighted by atomic mass is 32.1. The number of rotatable bonds is 6. The molecule has 1 atom stereocenters. The fraction of sp³-hybridized carbons (Fsp3) is 0.360. The molecule has 1 unspecified atom stereocenters. The number of thiocarbonyl (C=S) groups is 1. The maximum atomic E-state index is 13.5. The Morgan fingerprint density at radius 1 is 1.31 bits per heavy atom. The largest absolute Gasteiger partial charge is 0.493 e. The maximum absolute atomic E-state index is 13.5. The number of carbonyl (C=O) groups excluding carboxylic acids is 1. The highest BCUT2D eigenvalue weighted by Gasteiger charge is 2.51. The van der Waals surface area contributed by atoms with E-state index < -0.39 is 28.9 Å².